The van der Waals surface area contributed by atoms with Crippen LogP contribution in [0.4, 0.5) is 25.8 Å². The van der Waals surface area contributed by atoms with Crippen LogP contribution in [-0.2, 0) is 5.41 Å². The molecule has 0 heterocycles. The number of fused-ring (bicyclic) bond motifs is 3. The highest BCUT2D eigenvalue weighted by Gasteiger charge is 2.47. The zero-order chi connectivity index (χ0) is 35.1. The van der Waals surface area contributed by atoms with Crippen molar-refractivity contribution >= 4 is 17.1 Å². The largest absolute Gasteiger partial charge is 0.310 e. The third-order valence-electron chi connectivity index (χ3n) is 10.3. The van der Waals surface area contributed by atoms with Gasteiger partial charge >= 0.3 is 0 Å². The zero-order valence-corrected chi connectivity index (χ0v) is 28.3. The van der Waals surface area contributed by atoms with Gasteiger partial charge in [0.1, 0.15) is 11.6 Å². The van der Waals surface area contributed by atoms with Crippen molar-refractivity contribution in [1.29, 1.82) is 0 Å². The highest BCUT2D eigenvalue weighted by atomic mass is 19.1. The second-order valence-electron chi connectivity index (χ2n) is 13.2. The Morgan fingerprint density at radius 2 is 0.827 bits per heavy atom. The van der Waals surface area contributed by atoms with Gasteiger partial charge < -0.3 is 4.90 Å². The maximum atomic E-state index is 14.4. The van der Waals surface area contributed by atoms with E-state index in [1.54, 1.807) is 0 Å². The topological polar surface area (TPSA) is 3.24 Å². The van der Waals surface area contributed by atoms with Crippen molar-refractivity contribution in [1.82, 2.24) is 0 Å². The van der Waals surface area contributed by atoms with Crippen molar-refractivity contribution in [2.75, 3.05) is 4.90 Å². The minimum absolute atomic E-state index is 0.262. The normalized spacial score (nSPS) is 12.6. The standard InChI is InChI=1S/C49H33F2N/c50-39-23-19-36(20-24-39)44-17-10-18-46-48(44)45-32-31-43(33-47(45)49(46,37-13-6-2-7-14-37)38-15-8-3-9-16-38)52(42-29-25-40(51)26-30-42)41-27-21-35(22-28-41)34-11-4-1-5-12-34/h1-33H. The van der Waals surface area contributed by atoms with Crippen LogP contribution in [0, 0.1) is 11.6 Å². The lowest BCUT2D eigenvalue weighted by atomic mass is 9.67. The van der Waals surface area contributed by atoms with Crippen LogP contribution in [0.1, 0.15) is 22.3 Å². The SMILES string of the molecule is Fc1ccc(-c2cccc3c2-c2ccc(N(c4ccc(F)cc4)c4ccc(-c5ccccc5)cc4)cc2C3(c2ccccc2)c2ccccc2)cc1. The Morgan fingerprint density at radius 3 is 1.42 bits per heavy atom. The Labute approximate surface area is 302 Å². The molecule has 1 nitrogen and oxygen atoms in total. The number of rotatable bonds is 7. The Hall–Kier alpha value is -6.58. The fraction of sp³-hybridized carbons (Fsp3) is 0.0204. The van der Waals surface area contributed by atoms with E-state index in [9.17, 15) is 8.78 Å². The summed E-state index contributed by atoms with van der Waals surface area (Å²) in [5.41, 5.74) is 13.2. The van der Waals surface area contributed by atoms with E-state index in [-0.39, 0.29) is 11.6 Å². The molecule has 8 aromatic rings. The van der Waals surface area contributed by atoms with Gasteiger partial charge in [-0.1, -0.05) is 140 Å². The number of anilines is 3. The molecule has 0 saturated carbocycles. The molecule has 0 bridgehead atoms. The van der Waals surface area contributed by atoms with Gasteiger partial charge in [0.05, 0.1) is 5.41 Å². The molecule has 52 heavy (non-hydrogen) atoms. The van der Waals surface area contributed by atoms with Crippen molar-refractivity contribution in [3.05, 3.63) is 234 Å². The van der Waals surface area contributed by atoms with E-state index in [4.69, 9.17) is 0 Å². The van der Waals surface area contributed by atoms with E-state index in [2.05, 4.69) is 138 Å². The molecule has 0 fully saturated rings. The van der Waals surface area contributed by atoms with Crippen LogP contribution < -0.4 is 4.90 Å². The van der Waals surface area contributed by atoms with Crippen LogP contribution in [-0.4, -0.2) is 0 Å². The van der Waals surface area contributed by atoms with E-state index in [1.807, 2.05) is 42.5 Å². The first-order chi connectivity index (χ1) is 25.6. The molecule has 3 heteroatoms. The average Bonchev–Trinajstić information content (AvgIpc) is 3.51. The molecule has 0 aliphatic heterocycles. The van der Waals surface area contributed by atoms with Crippen LogP contribution in [0.2, 0.25) is 0 Å². The summed E-state index contributed by atoms with van der Waals surface area (Å²) in [6.07, 6.45) is 0. The monoisotopic (exact) mass is 673 g/mol. The van der Waals surface area contributed by atoms with Crippen molar-refractivity contribution < 1.29 is 8.78 Å². The van der Waals surface area contributed by atoms with Gasteiger partial charge in [-0.25, -0.2) is 8.78 Å². The minimum atomic E-state index is -0.662. The molecular weight excluding hydrogens is 641 g/mol. The molecule has 0 atom stereocenters. The second kappa shape index (κ2) is 12.9. The lowest BCUT2D eigenvalue weighted by Crippen LogP contribution is -2.28. The molecule has 8 aromatic carbocycles. The summed E-state index contributed by atoms with van der Waals surface area (Å²) in [4.78, 5) is 2.19. The quantitative estimate of drug-likeness (QED) is 0.163. The van der Waals surface area contributed by atoms with Gasteiger partial charge in [0, 0.05) is 17.1 Å². The first kappa shape index (κ1) is 31.4. The Morgan fingerprint density at radius 1 is 0.346 bits per heavy atom. The maximum Gasteiger partial charge on any atom is 0.123 e. The maximum absolute atomic E-state index is 14.4. The summed E-state index contributed by atoms with van der Waals surface area (Å²) in [7, 11) is 0. The van der Waals surface area contributed by atoms with E-state index < -0.39 is 5.41 Å². The first-order valence-electron chi connectivity index (χ1n) is 17.5. The van der Waals surface area contributed by atoms with Crippen molar-refractivity contribution in [3.8, 4) is 33.4 Å². The molecule has 1 aliphatic rings. The molecule has 0 N–H and O–H groups in total. The fourth-order valence-corrected chi connectivity index (χ4v) is 8.01. The number of hydrogen-bond acceptors (Lipinski definition) is 1. The van der Waals surface area contributed by atoms with Crippen LogP contribution >= 0.6 is 0 Å². The van der Waals surface area contributed by atoms with Crippen LogP contribution in [0.15, 0.2) is 200 Å². The molecule has 248 valence electrons. The molecule has 9 rings (SSSR count). The summed E-state index contributed by atoms with van der Waals surface area (Å²) in [5, 5.41) is 0. The van der Waals surface area contributed by atoms with E-state index in [1.165, 1.54) is 29.8 Å². The highest BCUT2D eigenvalue weighted by Crippen LogP contribution is 2.59. The fourth-order valence-electron chi connectivity index (χ4n) is 8.01. The summed E-state index contributed by atoms with van der Waals surface area (Å²) >= 11 is 0. The number of halogens is 2. The summed E-state index contributed by atoms with van der Waals surface area (Å²) in [5.74, 6) is -0.546. The summed E-state index contributed by atoms with van der Waals surface area (Å²) in [6.45, 7) is 0. The average molecular weight is 674 g/mol. The van der Waals surface area contributed by atoms with E-state index in [0.717, 1.165) is 67.1 Å². The molecule has 0 radical (unpaired) electrons. The van der Waals surface area contributed by atoms with Crippen LogP contribution in [0.25, 0.3) is 33.4 Å². The number of nitrogens with zero attached hydrogens (tertiary/aromatic N) is 1. The molecule has 0 aromatic heterocycles. The Bertz CT molecular complexity index is 2450. The second-order valence-corrected chi connectivity index (χ2v) is 13.2. The summed E-state index contributed by atoms with van der Waals surface area (Å²) in [6, 6.07) is 66.8. The van der Waals surface area contributed by atoms with Crippen molar-refractivity contribution in [2.24, 2.45) is 0 Å². The summed E-state index contributed by atoms with van der Waals surface area (Å²) < 4.78 is 28.6. The van der Waals surface area contributed by atoms with Gasteiger partial charge in [-0.3, -0.25) is 0 Å². The van der Waals surface area contributed by atoms with Crippen molar-refractivity contribution in [2.45, 2.75) is 5.41 Å². The predicted molar refractivity (Wildman–Crippen MR) is 209 cm³/mol. The Kier molecular flexibility index (Phi) is 7.82. The lowest BCUT2D eigenvalue weighted by molar-refractivity contribution is 0.627. The predicted octanol–water partition coefficient (Wildman–Crippen LogP) is 13.1. The van der Waals surface area contributed by atoms with Gasteiger partial charge in [-0.2, -0.15) is 0 Å². The van der Waals surface area contributed by atoms with Crippen LogP contribution in [0.5, 0.6) is 0 Å². The van der Waals surface area contributed by atoms with Gasteiger partial charge in [0.15, 0.2) is 0 Å². The van der Waals surface area contributed by atoms with E-state index in [0.29, 0.717) is 0 Å². The van der Waals surface area contributed by atoms with Gasteiger partial charge in [-0.15, -0.1) is 0 Å². The van der Waals surface area contributed by atoms with Crippen molar-refractivity contribution in [3.63, 3.8) is 0 Å². The first-order valence-corrected chi connectivity index (χ1v) is 17.5. The van der Waals surface area contributed by atoms with Gasteiger partial charge in [0.2, 0.25) is 0 Å². The minimum Gasteiger partial charge on any atom is -0.310 e. The van der Waals surface area contributed by atoms with Gasteiger partial charge in [-0.05, 0) is 116 Å². The molecule has 0 spiro atoms. The molecular formula is C49H33F2N. The third kappa shape index (κ3) is 5.21. The molecule has 0 saturated heterocycles. The molecule has 0 amide bonds. The Balaban J connectivity index is 1.32. The zero-order valence-electron chi connectivity index (χ0n) is 28.3. The smallest absolute Gasteiger partial charge is 0.123 e. The number of benzene rings is 8. The third-order valence-corrected chi connectivity index (χ3v) is 10.3. The van der Waals surface area contributed by atoms with E-state index >= 15 is 0 Å². The highest BCUT2D eigenvalue weighted by molar-refractivity contribution is 5.97. The van der Waals surface area contributed by atoms with Gasteiger partial charge in [0.25, 0.3) is 0 Å². The van der Waals surface area contributed by atoms with Crippen LogP contribution in [0.3, 0.4) is 0 Å². The number of hydrogen-bond donors (Lipinski definition) is 0. The molecule has 0 unspecified atom stereocenters. The molecule has 1 aliphatic carbocycles. The lowest BCUT2D eigenvalue weighted by Gasteiger charge is -2.35.